The highest BCUT2D eigenvalue weighted by Crippen LogP contribution is 2.17. The number of aryl methyl sites for hydroxylation is 4. The fraction of sp³-hybridized carbons (Fsp3) is 0.421. The predicted molar refractivity (Wildman–Crippen MR) is 104 cm³/mol. The van der Waals surface area contributed by atoms with E-state index < -0.39 is 0 Å². The zero-order valence-electron chi connectivity index (χ0n) is 15.8. The van der Waals surface area contributed by atoms with Crippen molar-refractivity contribution in [3.05, 3.63) is 46.2 Å². The number of aromatic nitrogens is 1. The van der Waals surface area contributed by atoms with Gasteiger partial charge in [-0.1, -0.05) is 22.9 Å². The Morgan fingerprint density at radius 1 is 1.15 bits per heavy atom. The maximum Gasteiger partial charge on any atom is 0.238 e. The average Bonchev–Trinajstić information content (AvgIpc) is 2.96. The molecule has 0 aliphatic carbocycles. The fourth-order valence-electron chi connectivity index (χ4n) is 2.66. The van der Waals surface area contributed by atoms with Gasteiger partial charge in [-0.2, -0.15) is 0 Å². The van der Waals surface area contributed by atoms with Gasteiger partial charge in [-0.25, -0.2) is 0 Å². The molecule has 2 rings (SSSR count). The highest BCUT2D eigenvalue weighted by molar-refractivity contribution is 8.01. The predicted octanol–water partition coefficient (Wildman–Crippen LogP) is 3.28. The highest BCUT2D eigenvalue weighted by atomic mass is 32.2. The topological polar surface area (TPSA) is 84.2 Å². The Morgan fingerprint density at radius 2 is 1.81 bits per heavy atom. The van der Waals surface area contributed by atoms with Gasteiger partial charge in [0, 0.05) is 12.6 Å². The molecule has 7 heteroatoms. The number of nitrogens with zero attached hydrogens (tertiary/aromatic N) is 1. The average molecular weight is 375 g/mol. The van der Waals surface area contributed by atoms with E-state index in [2.05, 4.69) is 34.8 Å². The van der Waals surface area contributed by atoms with Gasteiger partial charge in [0.2, 0.25) is 11.8 Å². The van der Waals surface area contributed by atoms with Crippen LogP contribution >= 0.6 is 11.8 Å². The van der Waals surface area contributed by atoms with Gasteiger partial charge < -0.3 is 15.2 Å². The van der Waals surface area contributed by atoms with Gasteiger partial charge >= 0.3 is 0 Å². The number of amides is 2. The smallest absolute Gasteiger partial charge is 0.238 e. The Morgan fingerprint density at radius 3 is 2.38 bits per heavy atom. The van der Waals surface area contributed by atoms with E-state index in [0.29, 0.717) is 18.1 Å². The molecule has 1 aromatic heterocycles. The molecule has 1 aromatic carbocycles. The molecule has 0 radical (unpaired) electrons. The van der Waals surface area contributed by atoms with Crippen molar-refractivity contribution in [2.45, 2.75) is 46.4 Å². The lowest BCUT2D eigenvalue weighted by atomic mass is 10.00. The van der Waals surface area contributed by atoms with E-state index >= 15 is 0 Å². The van der Waals surface area contributed by atoms with E-state index in [4.69, 9.17) is 4.52 Å². The van der Waals surface area contributed by atoms with Crippen LogP contribution in [0.25, 0.3) is 0 Å². The maximum atomic E-state index is 12.1. The van der Waals surface area contributed by atoms with Gasteiger partial charge in [-0.05, 0) is 51.3 Å². The quantitative estimate of drug-likeness (QED) is 0.776. The molecule has 0 fully saturated rings. The molecule has 0 aliphatic heterocycles. The molecule has 0 spiro atoms. The number of benzene rings is 1. The van der Waals surface area contributed by atoms with Crippen molar-refractivity contribution in [1.29, 1.82) is 0 Å². The number of rotatable bonds is 7. The standard InChI is InChI=1S/C19H25N3O3S/c1-11-6-12(2)16(13(3)7-11)9-20-18(23)10-26-15(5)19(24)21-17-8-14(4)25-22-17/h6-8,15H,9-10H2,1-5H3,(H,20,23)(H,21,22,24). The largest absolute Gasteiger partial charge is 0.360 e. The summed E-state index contributed by atoms with van der Waals surface area (Å²) in [6.07, 6.45) is 0. The van der Waals surface area contributed by atoms with Crippen LogP contribution in [-0.4, -0.2) is 28.0 Å². The second-order valence-corrected chi connectivity index (χ2v) is 7.75. The number of carbonyl (C=O) groups excluding carboxylic acids is 2. The van der Waals surface area contributed by atoms with Gasteiger partial charge in [0.15, 0.2) is 5.82 Å². The molecule has 0 bridgehead atoms. The summed E-state index contributed by atoms with van der Waals surface area (Å²) in [6, 6.07) is 5.87. The minimum absolute atomic E-state index is 0.0914. The van der Waals surface area contributed by atoms with Crippen molar-refractivity contribution in [3.8, 4) is 0 Å². The number of hydrogen-bond acceptors (Lipinski definition) is 5. The molecule has 1 atom stereocenters. The summed E-state index contributed by atoms with van der Waals surface area (Å²) >= 11 is 1.28. The van der Waals surface area contributed by atoms with Gasteiger partial charge in [0.05, 0.1) is 11.0 Å². The highest BCUT2D eigenvalue weighted by Gasteiger charge is 2.17. The van der Waals surface area contributed by atoms with Gasteiger partial charge in [0.1, 0.15) is 5.76 Å². The lowest BCUT2D eigenvalue weighted by Crippen LogP contribution is -2.28. The monoisotopic (exact) mass is 375 g/mol. The molecular weight excluding hydrogens is 350 g/mol. The second-order valence-electron chi connectivity index (χ2n) is 6.42. The SMILES string of the molecule is Cc1cc(C)c(CNC(=O)CSC(C)C(=O)Nc2cc(C)on2)c(C)c1. The van der Waals surface area contributed by atoms with Crippen LogP contribution in [0.2, 0.25) is 0 Å². The Labute approximate surface area is 158 Å². The summed E-state index contributed by atoms with van der Waals surface area (Å²) in [4.78, 5) is 24.2. The molecule has 6 nitrogen and oxygen atoms in total. The number of carbonyl (C=O) groups is 2. The minimum Gasteiger partial charge on any atom is -0.360 e. The van der Waals surface area contributed by atoms with Crippen LogP contribution in [0.1, 0.15) is 34.9 Å². The summed E-state index contributed by atoms with van der Waals surface area (Å²) < 4.78 is 4.91. The van der Waals surface area contributed by atoms with E-state index in [1.807, 2.05) is 13.8 Å². The van der Waals surface area contributed by atoms with E-state index in [-0.39, 0.29) is 22.8 Å². The molecular formula is C19H25N3O3S. The first-order chi connectivity index (χ1) is 12.3. The fourth-order valence-corrected chi connectivity index (χ4v) is 3.37. The Balaban J connectivity index is 1.78. The Hall–Kier alpha value is -2.28. The van der Waals surface area contributed by atoms with Crippen LogP contribution in [0, 0.1) is 27.7 Å². The molecule has 0 aliphatic rings. The molecule has 2 N–H and O–H groups in total. The lowest BCUT2D eigenvalue weighted by Gasteiger charge is -2.13. The van der Waals surface area contributed by atoms with Gasteiger partial charge in [-0.15, -0.1) is 11.8 Å². The van der Waals surface area contributed by atoms with Crippen LogP contribution in [-0.2, 0) is 16.1 Å². The number of nitrogens with one attached hydrogen (secondary N) is 2. The van der Waals surface area contributed by atoms with Gasteiger partial charge in [0.25, 0.3) is 0 Å². The van der Waals surface area contributed by atoms with E-state index in [1.54, 1.807) is 19.9 Å². The summed E-state index contributed by atoms with van der Waals surface area (Å²) in [5.41, 5.74) is 4.70. The van der Waals surface area contributed by atoms with Crippen LogP contribution in [0.3, 0.4) is 0 Å². The van der Waals surface area contributed by atoms with Crippen molar-refractivity contribution >= 4 is 29.4 Å². The molecule has 2 aromatic rings. The molecule has 0 saturated carbocycles. The zero-order valence-corrected chi connectivity index (χ0v) is 16.6. The minimum atomic E-state index is -0.374. The molecule has 1 unspecified atom stereocenters. The summed E-state index contributed by atoms with van der Waals surface area (Å²) in [7, 11) is 0. The van der Waals surface area contributed by atoms with Crippen LogP contribution in [0.4, 0.5) is 5.82 Å². The molecule has 1 heterocycles. The zero-order chi connectivity index (χ0) is 19.3. The van der Waals surface area contributed by atoms with Crippen molar-refractivity contribution in [1.82, 2.24) is 10.5 Å². The molecule has 140 valence electrons. The van der Waals surface area contributed by atoms with E-state index in [1.165, 1.54) is 28.5 Å². The number of anilines is 1. The summed E-state index contributed by atoms with van der Waals surface area (Å²) in [5.74, 6) is 0.931. The van der Waals surface area contributed by atoms with Crippen molar-refractivity contribution in [3.63, 3.8) is 0 Å². The lowest BCUT2D eigenvalue weighted by molar-refractivity contribution is -0.118. The van der Waals surface area contributed by atoms with E-state index in [0.717, 1.165) is 5.56 Å². The Bertz CT molecular complexity index is 778. The third-order valence-corrected chi connectivity index (χ3v) is 5.16. The Kier molecular flexibility index (Phi) is 6.85. The number of thioether (sulfide) groups is 1. The van der Waals surface area contributed by atoms with E-state index in [9.17, 15) is 9.59 Å². The van der Waals surface area contributed by atoms with Crippen molar-refractivity contribution in [2.24, 2.45) is 0 Å². The summed E-state index contributed by atoms with van der Waals surface area (Å²) in [6.45, 7) is 10.2. The van der Waals surface area contributed by atoms with Crippen molar-refractivity contribution < 1.29 is 14.1 Å². The second kappa shape index (κ2) is 8.89. The first-order valence-corrected chi connectivity index (χ1v) is 9.50. The molecule has 0 saturated heterocycles. The van der Waals surface area contributed by atoms with Gasteiger partial charge in [-0.3, -0.25) is 9.59 Å². The van der Waals surface area contributed by atoms with Crippen molar-refractivity contribution in [2.75, 3.05) is 11.1 Å². The third kappa shape index (κ3) is 5.62. The normalized spacial score (nSPS) is 11.9. The van der Waals surface area contributed by atoms with Crippen LogP contribution in [0.15, 0.2) is 22.7 Å². The molecule has 26 heavy (non-hydrogen) atoms. The summed E-state index contributed by atoms with van der Waals surface area (Å²) in [5, 5.41) is 8.95. The number of hydrogen-bond donors (Lipinski definition) is 2. The third-order valence-electron chi connectivity index (χ3n) is 4.02. The maximum absolute atomic E-state index is 12.1. The first kappa shape index (κ1) is 20.0. The first-order valence-electron chi connectivity index (χ1n) is 8.45. The molecule has 2 amide bonds. The van der Waals surface area contributed by atoms with Crippen LogP contribution < -0.4 is 10.6 Å². The van der Waals surface area contributed by atoms with Crippen LogP contribution in [0.5, 0.6) is 0 Å².